The molecule has 3 heteroatoms. The number of rotatable bonds is 3. The van der Waals surface area contributed by atoms with Crippen LogP contribution >= 0.6 is 0 Å². The summed E-state index contributed by atoms with van der Waals surface area (Å²) >= 11 is 0. The number of hydrogen-bond donors (Lipinski definition) is 2. The quantitative estimate of drug-likeness (QED) is 0.753. The number of fused-ring (bicyclic) bond motifs is 1. The van der Waals surface area contributed by atoms with Crippen LogP contribution in [0.3, 0.4) is 0 Å². The summed E-state index contributed by atoms with van der Waals surface area (Å²) in [5.41, 5.74) is 5.00. The second-order valence-electron chi connectivity index (χ2n) is 3.88. The number of aryl methyl sites for hydroxylation is 2. The van der Waals surface area contributed by atoms with Crippen molar-refractivity contribution in [1.29, 1.82) is 0 Å². The van der Waals surface area contributed by atoms with Crippen molar-refractivity contribution >= 4 is 10.9 Å². The van der Waals surface area contributed by atoms with E-state index in [1.165, 1.54) is 27.7 Å². The summed E-state index contributed by atoms with van der Waals surface area (Å²) in [5.74, 6) is 5.01. The van der Waals surface area contributed by atoms with E-state index in [4.69, 9.17) is 5.90 Å². The van der Waals surface area contributed by atoms with E-state index in [2.05, 4.69) is 41.9 Å². The molecule has 0 fully saturated rings. The molecule has 0 spiro atoms. The first-order valence-corrected chi connectivity index (χ1v) is 5.12. The van der Waals surface area contributed by atoms with Crippen molar-refractivity contribution in [3.8, 4) is 0 Å². The van der Waals surface area contributed by atoms with Gasteiger partial charge in [-0.2, -0.15) is 0 Å². The Kier molecular flexibility index (Phi) is 2.75. The predicted octanol–water partition coefficient (Wildman–Crippen LogP) is 2.22. The van der Waals surface area contributed by atoms with Gasteiger partial charge in [-0.25, -0.2) is 5.90 Å². The van der Waals surface area contributed by atoms with Gasteiger partial charge in [0.25, 0.3) is 0 Å². The van der Waals surface area contributed by atoms with Gasteiger partial charge in [-0.1, -0.05) is 12.1 Å². The molecule has 0 atom stereocenters. The molecule has 2 rings (SSSR count). The first kappa shape index (κ1) is 10.2. The number of hydrogen-bond acceptors (Lipinski definition) is 2. The fourth-order valence-electron chi connectivity index (χ4n) is 1.85. The first-order valence-electron chi connectivity index (χ1n) is 5.12. The topological polar surface area (TPSA) is 51.0 Å². The van der Waals surface area contributed by atoms with Crippen molar-refractivity contribution in [2.24, 2.45) is 5.90 Å². The van der Waals surface area contributed by atoms with Crippen LogP contribution in [0, 0.1) is 13.8 Å². The zero-order chi connectivity index (χ0) is 10.8. The van der Waals surface area contributed by atoms with E-state index in [9.17, 15) is 0 Å². The van der Waals surface area contributed by atoms with Gasteiger partial charge in [-0.3, -0.25) is 0 Å². The molecule has 1 aromatic carbocycles. The van der Waals surface area contributed by atoms with Crippen LogP contribution in [0.25, 0.3) is 10.9 Å². The Labute approximate surface area is 89.2 Å². The van der Waals surface area contributed by atoms with Gasteiger partial charge in [0.1, 0.15) is 0 Å². The molecule has 0 radical (unpaired) electrons. The second-order valence-corrected chi connectivity index (χ2v) is 3.88. The van der Waals surface area contributed by atoms with Crippen LogP contribution in [0.4, 0.5) is 0 Å². The summed E-state index contributed by atoms with van der Waals surface area (Å²) in [7, 11) is 0. The van der Waals surface area contributed by atoms with E-state index in [1.807, 2.05) is 0 Å². The van der Waals surface area contributed by atoms with Crippen molar-refractivity contribution in [2.45, 2.75) is 20.3 Å². The number of aromatic nitrogens is 1. The number of nitrogens with two attached hydrogens (primary N) is 1. The molecule has 0 saturated carbocycles. The van der Waals surface area contributed by atoms with E-state index < -0.39 is 0 Å². The highest BCUT2D eigenvalue weighted by atomic mass is 16.6. The lowest BCUT2D eigenvalue weighted by Crippen LogP contribution is -2.03. The maximum absolute atomic E-state index is 5.01. The normalized spacial score (nSPS) is 11.1. The smallest absolute Gasteiger partial charge is 0.0719 e. The van der Waals surface area contributed by atoms with Crippen molar-refractivity contribution in [3.63, 3.8) is 0 Å². The molecule has 0 aliphatic carbocycles. The van der Waals surface area contributed by atoms with Gasteiger partial charge in [0, 0.05) is 16.6 Å². The molecule has 80 valence electrons. The van der Waals surface area contributed by atoms with Crippen LogP contribution in [0.1, 0.15) is 16.8 Å². The molecule has 0 amide bonds. The molecule has 1 aromatic heterocycles. The van der Waals surface area contributed by atoms with Gasteiger partial charge in [0.2, 0.25) is 0 Å². The lowest BCUT2D eigenvalue weighted by atomic mass is 10.1. The van der Waals surface area contributed by atoms with Crippen LogP contribution in [-0.4, -0.2) is 11.6 Å². The molecular weight excluding hydrogens is 188 g/mol. The van der Waals surface area contributed by atoms with Crippen molar-refractivity contribution < 1.29 is 4.84 Å². The van der Waals surface area contributed by atoms with Crippen molar-refractivity contribution in [3.05, 3.63) is 35.0 Å². The van der Waals surface area contributed by atoms with Gasteiger partial charge < -0.3 is 9.82 Å². The summed E-state index contributed by atoms with van der Waals surface area (Å²) in [6.45, 7) is 4.79. The number of benzene rings is 1. The Bertz CT molecular complexity index is 474. The minimum absolute atomic E-state index is 0.560. The maximum Gasteiger partial charge on any atom is 0.0719 e. The summed E-state index contributed by atoms with van der Waals surface area (Å²) in [6.07, 6.45) is 0.851. The van der Waals surface area contributed by atoms with Crippen molar-refractivity contribution in [2.75, 3.05) is 6.61 Å². The van der Waals surface area contributed by atoms with Gasteiger partial charge in [-0.05, 0) is 37.5 Å². The molecule has 3 nitrogen and oxygen atoms in total. The Balaban J connectivity index is 2.39. The van der Waals surface area contributed by atoms with Crippen LogP contribution in [0.15, 0.2) is 18.2 Å². The van der Waals surface area contributed by atoms with Gasteiger partial charge >= 0.3 is 0 Å². The third kappa shape index (κ3) is 1.89. The Morgan fingerprint density at radius 2 is 2.13 bits per heavy atom. The van der Waals surface area contributed by atoms with Crippen molar-refractivity contribution in [1.82, 2.24) is 4.98 Å². The summed E-state index contributed by atoms with van der Waals surface area (Å²) < 4.78 is 0. The Morgan fingerprint density at radius 3 is 2.87 bits per heavy atom. The van der Waals surface area contributed by atoms with Gasteiger partial charge in [-0.15, -0.1) is 0 Å². The number of aromatic amines is 1. The average Bonchev–Trinajstić information content (AvgIpc) is 2.52. The molecule has 0 bridgehead atoms. The van der Waals surface area contributed by atoms with E-state index in [0.29, 0.717) is 6.61 Å². The van der Waals surface area contributed by atoms with Gasteiger partial charge in [0.15, 0.2) is 0 Å². The molecular formula is C12H16N2O. The van der Waals surface area contributed by atoms with Crippen LogP contribution in [-0.2, 0) is 11.3 Å². The predicted molar refractivity (Wildman–Crippen MR) is 61.6 cm³/mol. The Hall–Kier alpha value is -1.32. The Morgan fingerprint density at radius 1 is 1.33 bits per heavy atom. The average molecular weight is 204 g/mol. The minimum atomic E-state index is 0.560. The van der Waals surface area contributed by atoms with E-state index in [-0.39, 0.29) is 0 Å². The summed E-state index contributed by atoms with van der Waals surface area (Å²) in [6, 6.07) is 6.44. The highest BCUT2D eigenvalue weighted by Crippen LogP contribution is 2.22. The molecule has 0 aliphatic rings. The third-order valence-corrected chi connectivity index (χ3v) is 2.88. The highest BCUT2D eigenvalue weighted by molar-refractivity contribution is 5.84. The first-order chi connectivity index (χ1) is 7.22. The molecule has 1 heterocycles. The molecule has 15 heavy (non-hydrogen) atoms. The second kappa shape index (κ2) is 4.04. The molecule has 3 N–H and O–H groups in total. The van der Waals surface area contributed by atoms with Crippen LogP contribution < -0.4 is 5.90 Å². The lowest BCUT2D eigenvalue weighted by Gasteiger charge is -2.00. The maximum atomic E-state index is 5.01. The van der Waals surface area contributed by atoms with E-state index in [1.54, 1.807) is 0 Å². The SMILES string of the molecule is Cc1[nH]c2cc(CCON)ccc2c1C. The van der Waals surface area contributed by atoms with Gasteiger partial charge in [0.05, 0.1) is 6.61 Å². The lowest BCUT2D eigenvalue weighted by molar-refractivity contribution is 0.141. The fourth-order valence-corrected chi connectivity index (χ4v) is 1.85. The zero-order valence-electron chi connectivity index (χ0n) is 9.13. The molecule has 0 unspecified atom stereocenters. The molecule has 0 saturated heterocycles. The van der Waals surface area contributed by atoms with E-state index >= 15 is 0 Å². The molecule has 0 aliphatic heterocycles. The monoisotopic (exact) mass is 204 g/mol. The third-order valence-electron chi connectivity index (χ3n) is 2.88. The fraction of sp³-hybridized carbons (Fsp3) is 0.333. The van der Waals surface area contributed by atoms with E-state index in [0.717, 1.165) is 6.42 Å². The largest absolute Gasteiger partial charge is 0.358 e. The minimum Gasteiger partial charge on any atom is -0.358 e. The number of H-pyrrole nitrogens is 1. The van der Waals surface area contributed by atoms with Crippen LogP contribution in [0.5, 0.6) is 0 Å². The van der Waals surface area contributed by atoms with Crippen LogP contribution in [0.2, 0.25) is 0 Å². The highest BCUT2D eigenvalue weighted by Gasteiger charge is 2.04. The number of nitrogens with one attached hydrogen (secondary N) is 1. The summed E-state index contributed by atoms with van der Waals surface area (Å²) in [5, 5.41) is 1.30. The molecule has 2 aromatic rings. The summed E-state index contributed by atoms with van der Waals surface area (Å²) in [4.78, 5) is 7.95. The standard InChI is InChI=1S/C12H16N2O/c1-8-9(2)14-12-7-10(5-6-15-13)3-4-11(8)12/h3-4,7,14H,5-6,13H2,1-2H3. The zero-order valence-corrected chi connectivity index (χ0v) is 9.13.